The molecule has 55 heavy (non-hydrogen) atoms. The molecule has 4 heterocycles. The Kier molecular flexibility index (Phi) is 10.1. The molecule has 20 heteroatoms. The van der Waals surface area contributed by atoms with Gasteiger partial charge in [0.1, 0.15) is 28.7 Å². The van der Waals surface area contributed by atoms with Crippen LogP contribution in [-0.2, 0) is 13.1 Å². The number of benzene rings is 2. The third kappa shape index (κ3) is 6.79. The van der Waals surface area contributed by atoms with Gasteiger partial charge in [-0.2, -0.15) is 5.26 Å². The minimum absolute atomic E-state index is 0.0135. The summed E-state index contributed by atoms with van der Waals surface area (Å²) >= 11 is 0. The van der Waals surface area contributed by atoms with E-state index in [-0.39, 0.29) is 81.5 Å². The number of nitro groups is 2. The van der Waals surface area contributed by atoms with Crippen molar-refractivity contribution in [2.24, 2.45) is 20.5 Å². The standard InChI is InChI=1S/C35H30N10O10/c1-6-8-14-42-31(46)23(18-36)19(3)29-33(42)54-35(52-26-12-10-21(44(48)49)16-24(26)38-40-29)53-27-13-11-22(45(50)51)17-25(27)39-41-30-20(4)28(37-5)32(47)43(15-9-7-2)34(30)55-35/h10-13,16-17H,6-9,14-15H2,1-4H3. The first kappa shape index (κ1) is 37.3. The number of nitro benzene ring substituents is 2. The molecule has 0 aliphatic carbocycles. The number of unbranched alkanes of at least 4 members (excludes halogenated alkanes) is 2. The number of rotatable bonds is 8. The molecule has 0 fully saturated rings. The lowest BCUT2D eigenvalue weighted by Gasteiger charge is -2.34. The molecule has 0 saturated carbocycles. The summed E-state index contributed by atoms with van der Waals surface area (Å²) in [6.45, 7) is 14.4. The molecule has 0 saturated heterocycles. The molecule has 2 aliphatic heterocycles. The highest BCUT2D eigenvalue weighted by molar-refractivity contribution is 5.68. The lowest BCUT2D eigenvalue weighted by Crippen LogP contribution is -2.55. The van der Waals surface area contributed by atoms with E-state index in [9.17, 15) is 35.1 Å². The maximum atomic E-state index is 13.9. The van der Waals surface area contributed by atoms with Crippen molar-refractivity contribution in [1.29, 1.82) is 5.26 Å². The molecular formula is C35H30N10O10. The zero-order valence-corrected chi connectivity index (χ0v) is 29.8. The second kappa shape index (κ2) is 14.9. The summed E-state index contributed by atoms with van der Waals surface area (Å²) in [5, 5.41) is 50.8. The predicted molar refractivity (Wildman–Crippen MR) is 191 cm³/mol. The largest absolute Gasteiger partial charge is 0.613 e. The van der Waals surface area contributed by atoms with Crippen molar-refractivity contribution in [3.63, 3.8) is 0 Å². The molecule has 1 spiro atoms. The predicted octanol–water partition coefficient (Wildman–Crippen LogP) is 8.15. The Bertz CT molecular complexity index is 2370. The fourth-order valence-electron chi connectivity index (χ4n) is 5.73. The molecule has 6 rings (SSSR count). The molecule has 1 atom stereocenters. The van der Waals surface area contributed by atoms with Crippen molar-refractivity contribution >= 4 is 39.8 Å². The average molecular weight is 751 g/mol. The van der Waals surface area contributed by atoms with Crippen LogP contribution in [0.3, 0.4) is 0 Å². The first-order valence-electron chi connectivity index (χ1n) is 16.9. The van der Waals surface area contributed by atoms with Crippen molar-refractivity contribution in [1.82, 2.24) is 9.13 Å². The van der Waals surface area contributed by atoms with Crippen LogP contribution in [0.4, 0.5) is 39.8 Å². The fourth-order valence-corrected chi connectivity index (χ4v) is 5.73. The van der Waals surface area contributed by atoms with Crippen LogP contribution >= 0.6 is 0 Å². The van der Waals surface area contributed by atoms with Gasteiger partial charge in [-0.1, -0.05) is 26.7 Å². The van der Waals surface area contributed by atoms with Gasteiger partial charge in [0.15, 0.2) is 17.2 Å². The van der Waals surface area contributed by atoms with Gasteiger partial charge >= 0.3 is 6.16 Å². The summed E-state index contributed by atoms with van der Waals surface area (Å²) in [7, 11) is 0. The Hall–Kier alpha value is -7.48. The first-order chi connectivity index (χ1) is 26.4. The highest BCUT2D eigenvalue weighted by Gasteiger charge is 2.49. The minimum atomic E-state index is -3.00. The molecule has 0 N–H and O–H groups in total. The van der Waals surface area contributed by atoms with Crippen molar-refractivity contribution in [3.05, 3.63) is 105 Å². The molecule has 280 valence electrons. The summed E-state index contributed by atoms with van der Waals surface area (Å²) in [4.78, 5) is 53.7. The van der Waals surface area contributed by atoms with Crippen LogP contribution in [0.2, 0.25) is 0 Å². The molecule has 0 amide bonds. The number of ether oxygens (including phenoxy) is 4. The van der Waals surface area contributed by atoms with Gasteiger partial charge in [0, 0.05) is 42.9 Å². The van der Waals surface area contributed by atoms with Crippen molar-refractivity contribution in [2.45, 2.75) is 72.6 Å². The van der Waals surface area contributed by atoms with E-state index in [2.05, 4.69) is 25.3 Å². The van der Waals surface area contributed by atoms with E-state index in [1.54, 1.807) is 0 Å². The monoisotopic (exact) mass is 750 g/mol. The third-order valence-corrected chi connectivity index (χ3v) is 8.67. The second-order valence-corrected chi connectivity index (χ2v) is 12.3. The highest BCUT2D eigenvalue weighted by Crippen LogP contribution is 2.47. The maximum Gasteiger partial charge on any atom is 0.613 e. The van der Waals surface area contributed by atoms with Crippen LogP contribution in [0, 0.1) is 52.0 Å². The number of aromatic nitrogens is 2. The van der Waals surface area contributed by atoms with Gasteiger partial charge in [-0.25, -0.2) is 4.85 Å². The van der Waals surface area contributed by atoms with Crippen LogP contribution in [0.25, 0.3) is 4.85 Å². The van der Waals surface area contributed by atoms with Crippen LogP contribution < -0.4 is 30.1 Å². The zero-order chi connectivity index (χ0) is 39.6. The second-order valence-electron chi connectivity index (χ2n) is 12.3. The lowest BCUT2D eigenvalue weighted by atomic mass is 10.1. The molecule has 0 radical (unpaired) electrons. The Morgan fingerprint density at radius 2 is 1.25 bits per heavy atom. The number of non-ortho nitro benzene ring substituents is 2. The van der Waals surface area contributed by atoms with Crippen LogP contribution in [0.15, 0.2) is 66.4 Å². The normalized spacial score (nSPS) is 15.2. The summed E-state index contributed by atoms with van der Waals surface area (Å²) in [5.74, 6) is -1.31. The molecule has 4 aromatic rings. The summed E-state index contributed by atoms with van der Waals surface area (Å²) in [6.07, 6.45) is -0.991. The van der Waals surface area contributed by atoms with Crippen LogP contribution in [0.1, 0.15) is 56.2 Å². The van der Waals surface area contributed by atoms with Crippen molar-refractivity contribution in [3.8, 4) is 29.3 Å². The number of hydrogen-bond acceptors (Lipinski definition) is 15. The third-order valence-electron chi connectivity index (χ3n) is 8.67. The topological polar surface area (TPSA) is 245 Å². The van der Waals surface area contributed by atoms with Gasteiger partial charge in [-0.3, -0.25) is 39.0 Å². The molecule has 0 bridgehead atoms. The van der Waals surface area contributed by atoms with Gasteiger partial charge in [-0.05, 0) is 44.4 Å². The van der Waals surface area contributed by atoms with E-state index < -0.39 is 38.5 Å². The van der Waals surface area contributed by atoms with E-state index >= 15 is 0 Å². The summed E-state index contributed by atoms with van der Waals surface area (Å²) in [5.41, 5.74) is -3.76. The van der Waals surface area contributed by atoms with Gasteiger partial charge < -0.3 is 18.9 Å². The van der Waals surface area contributed by atoms with Crippen molar-refractivity contribution < 1.29 is 28.8 Å². The van der Waals surface area contributed by atoms with Gasteiger partial charge in [-0.15, -0.1) is 20.5 Å². The van der Waals surface area contributed by atoms with Gasteiger partial charge in [0.2, 0.25) is 11.8 Å². The Labute approximate surface area is 310 Å². The number of nitrogens with zero attached hydrogens (tertiary/aromatic N) is 10. The SMILES string of the molecule is [C-]#[N+]c1c(C)c2c(n(CCCC)c1=O)OC1(Oc3ccc([N+](=O)[O-])cc3N=Nc3c(C)c(C#N)c(=O)n(CCCC)c3O1)Oc1ccc([N+](=O)[O-])cc1N=N2. The number of hydrogen-bond donors (Lipinski definition) is 0. The lowest BCUT2D eigenvalue weighted by molar-refractivity contribution is -0.385. The van der Waals surface area contributed by atoms with E-state index in [1.807, 2.05) is 19.9 Å². The molecule has 2 aromatic carbocycles. The van der Waals surface area contributed by atoms with E-state index in [1.165, 1.54) is 13.8 Å². The maximum absolute atomic E-state index is 13.9. The number of nitriles is 1. The fraction of sp³-hybridized carbons (Fsp3) is 0.314. The summed E-state index contributed by atoms with van der Waals surface area (Å²) < 4.78 is 28.1. The number of pyridine rings is 2. The molecular weight excluding hydrogens is 720 g/mol. The minimum Gasteiger partial charge on any atom is -0.384 e. The van der Waals surface area contributed by atoms with E-state index in [0.29, 0.717) is 25.7 Å². The molecule has 20 nitrogen and oxygen atoms in total. The van der Waals surface area contributed by atoms with Gasteiger partial charge in [0.05, 0.1) is 16.4 Å². The molecule has 2 aliphatic rings. The number of fused-ring (bicyclic) bond motifs is 4. The Morgan fingerprint density at radius 1 is 0.782 bits per heavy atom. The number of azo groups is 2. The van der Waals surface area contributed by atoms with E-state index in [0.717, 1.165) is 45.5 Å². The molecule has 1 unspecified atom stereocenters. The first-order valence-corrected chi connectivity index (χ1v) is 16.9. The van der Waals surface area contributed by atoms with E-state index in [4.69, 9.17) is 25.5 Å². The Balaban J connectivity index is 1.78. The van der Waals surface area contributed by atoms with Crippen LogP contribution in [-0.4, -0.2) is 25.1 Å². The van der Waals surface area contributed by atoms with Gasteiger partial charge in [0.25, 0.3) is 28.2 Å². The molecule has 2 aromatic heterocycles. The zero-order valence-electron chi connectivity index (χ0n) is 29.8. The summed E-state index contributed by atoms with van der Waals surface area (Å²) in [6, 6.07) is 8.50. The quantitative estimate of drug-likeness (QED) is 0.0944. The van der Waals surface area contributed by atoms with Crippen molar-refractivity contribution in [2.75, 3.05) is 0 Å². The smallest absolute Gasteiger partial charge is 0.384 e. The average Bonchev–Trinajstić information content (AvgIpc) is 3.26. The van der Waals surface area contributed by atoms with Crippen LogP contribution in [0.5, 0.6) is 23.3 Å². The Morgan fingerprint density at radius 3 is 1.69 bits per heavy atom. The highest BCUT2D eigenvalue weighted by atomic mass is 17.0.